The minimum atomic E-state index is -1.95. The Labute approximate surface area is 407 Å². The monoisotopic (exact) mass is 968 g/mol. The fraction of sp³-hybridized carbons (Fsp3) is 0.241. The van der Waals surface area contributed by atoms with E-state index < -0.39 is 104 Å². The summed E-state index contributed by atoms with van der Waals surface area (Å²) < 4.78 is 61.6. The van der Waals surface area contributed by atoms with Crippen LogP contribution < -0.4 is 9.47 Å². The third kappa shape index (κ3) is 12.3. The molecule has 0 spiro atoms. The number of rotatable bonds is 17. The van der Waals surface area contributed by atoms with Gasteiger partial charge in [-0.3, -0.25) is 0 Å². The molecule has 0 bridgehead atoms. The Morgan fingerprint density at radius 1 is 0.437 bits per heavy atom. The summed E-state index contributed by atoms with van der Waals surface area (Å²) in [6.07, 6.45) is -17.6. The highest BCUT2D eigenvalue weighted by atomic mass is 16.8. The smallest absolute Gasteiger partial charge is 0.338 e. The zero-order chi connectivity index (χ0) is 49.7. The second-order valence-corrected chi connectivity index (χ2v) is 16.1. The highest BCUT2D eigenvalue weighted by Gasteiger charge is 2.57. The molecular weight excluding hydrogens is 921 g/mol. The van der Waals surface area contributed by atoms with Gasteiger partial charge in [0.1, 0.15) is 42.5 Å². The summed E-state index contributed by atoms with van der Waals surface area (Å²) in [5, 5.41) is 22.4. The van der Waals surface area contributed by atoms with E-state index in [2.05, 4.69) is 0 Å². The first-order chi connectivity index (χ1) is 34.6. The van der Waals surface area contributed by atoms with Crippen molar-refractivity contribution in [3.63, 3.8) is 0 Å². The average Bonchev–Trinajstić information content (AvgIpc) is 3.42. The summed E-state index contributed by atoms with van der Waals surface area (Å²) in [4.78, 5) is 69.8. The maximum Gasteiger partial charge on any atom is 0.338 e. The largest absolute Gasteiger partial charge is 0.497 e. The van der Waals surface area contributed by atoms with Gasteiger partial charge in [0.05, 0.1) is 41.5 Å². The van der Waals surface area contributed by atoms with Crippen molar-refractivity contribution in [1.29, 1.82) is 0 Å². The van der Waals surface area contributed by atoms with Crippen molar-refractivity contribution < 1.29 is 81.6 Å². The summed E-state index contributed by atoms with van der Waals surface area (Å²) >= 11 is 0. The number of benzene rings is 6. The van der Waals surface area contributed by atoms with Gasteiger partial charge >= 0.3 is 29.8 Å². The SMILES string of the molecule is COc1ccc(O[C@@H]2O[C@H](COC(=O)c3ccccc3)[C@H](OC(=O)c3ccccc3)[C@H](O[C@@H]3O[C@H](CO)[C@H](O)[C@H](OC(=O)c4ccccc4)[C@H]3OC(=O)c3ccccc3)[C@H]2OC(=O)c2ccccc2)cc1. The standard InChI is InChI=1S/C54H48O17/c1-62-38-27-29-39(30-28-38)64-53-47(70-52(61)37-25-15-6-16-26-37)45(43(67-49(58)34-19-9-3-10-20-34)41(66-53)32-63-48(57)33-17-7-2-8-18-33)71-54-46(69-51(60)36-23-13-5-14-24-36)44(42(56)40(31-55)65-54)68-50(59)35-21-11-4-12-22-35/h2-30,40-47,53-56H,31-32H2,1H3/t40-,41-,42+,43+,44+,45+,46-,47-,53-,54+/m1/s1. The van der Waals surface area contributed by atoms with E-state index in [-0.39, 0.29) is 33.6 Å². The van der Waals surface area contributed by atoms with Crippen LogP contribution in [0.2, 0.25) is 0 Å². The molecule has 0 saturated carbocycles. The Morgan fingerprint density at radius 2 is 0.803 bits per heavy atom. The lowest BCUT2D eigenvalue weighted by Gasteiger charge is -2.48. The molecular formula is C54H48O17. The number of methoxy groups -OCH3 is 1. The molecule has 2 aliphatic rings. The van der Waals surface area contributed by atoms with Crippen molar-refractivity contribution in [2.24, 2.45) is 0 Å². The van der Waals surface area contributed by atoms with Gasteiger partial charge in [-0.25, -0.2) is 24.0 Å². The van der Waals surface area contributed by atoms with E-state index in [4.69, 9.17) is 47.4 Å². The van der Waals surface area contributed by atoms with E-state index in [0.717, 1.165) is 0 Å². The van der Waals surface area contributed by atoms with Gasteiger partial charge < -0.3 is 57.6 Å². The van der Waals surface area contributed by atoms with E-state index in [0.29, 0.717) is 5.75 Å². The van der Waals surface area contributed by atoms with Crippen molar-refractivity contribution >= 4 is 29.8 Å². The molecule has 71 heavy (non-hydrogen) atoms. The van der Waals surface area contributed by atoms with Crippen molar-refractivity contribution in [2.45, 2.75) is 61.4 Å². The molecule has 17 nitrogen and oxygen atoms in total. The van der Waals surface area contributed by atoms with Crippen LogP contribution >= 0.6 is 0 Å². The van der Waals surface area contributed by atoms with Crippen molar-refractivity contribution in [2.75, 3.05) is 20.3 Å². The Balaban J connectivity index is 1.26. The maximum absolute atomic E-state index is 14.2. The summed E-state index contributed by atoms with van der Waals surface area (Å²) in [5.74, 6) is -3.91. The third-order valence-electron chi connectivity index (χ3n) is 11.4. The van der Waals surface area contributed by atoms with E-state index in [1.54, 1.807) is 115 Å². The number of aliphatic hydroxyl groups excluding tert-OH is 2. The molecule has 366 valence electrons. The van der Waals surface area contributed by atoms with Gasteiger partial charge in [0.15, 0.2) is 30.7 Å². The second kappa shape index (κ2) is 23.6. The fourth-order valence-electron chi connectivity index (χ4n) is 7.76. The molecule has 0 unspecified atom stereocenters. The van der Waals surface area contributed by atoms with Gasteiger partial charge in [-0.15, -0.1) is 0 Å². The predicted molar refractivity (Wildman–Crippen MR) is 248 cm³/mol. The third-order valence-corrected chi connectivity index (χ3v) is 11.4. The van der Waals surface area contributed by atoms with Crippen LogP contribution in [0.15, 0.2) is 176 Å². The number of esters is 5. The predicted octanol–water partition coefficient (Wildman–Crippen LogP) is 6.02. The summed E-state index contributed by atoms with van der Waals surface area (Å²) in [5.41, 5.74) is 0.431. The molecule has 0 aromatic heterocycles. The molecule has 2 aliphatic heterocycles. The lowest BCUT2D eigenvalue weighted by Crippen LogP contribution is -2.67. The van der Waals surface area contributed by atoms with E-state index in [9.17, 15) is 34.2 Å². The van der Waals surface area contributed by atoms with Crippen LogP contribution in [-0.4, -0.2) is 122 Å². The van der Waals surface area contributed by atoms with Crippen LogP contribution in [0.25, 0.3) is 0 Å². The van der Waals surface area contributed by atoms with Crippen molar-refractivity contribution in [3.05, 3.63) is 204 Å². The molecule has 2 N–H and O–H groups in total. The second-order valence-electron chi connectivity index (χ2n) is 16.1. The number of carbonyl (C=O) groups excluding carboxylic acids is 5. The zero-order valence-corrected chi connectivity index (χ0v) is 37.9. The quantitative estimate of drug-likeness (QED) is 0.0789. The van der Waals surface area contributed by atoms with E-state index >= 15 is 0 Å². The summed E-state index contributed by atoms with van der Waals surface area (Å²) in [6, 6.07) is 45.6. The van der Waals surface area contributed by atoms with Crippen LogP contribution in [-0.2, 0) is 37.9 Å². The first-order valence-corrected chi connectivity index (χ1v) is 22.4. The van der Waals surface area contributed by atoms with Gasteiger partial charge in [-0.05, 0) is 84.9 Å². The molecule has 17 heteroatoms. The topological polar surface area (TPSA) is 218 Å². The molecule has 0 radical (unpaired) electrons. The van der Waals surface area contributed by atoms with Crippen LogP contribution in [0.3, 0.4) is 0 Å². The first kappa shape index (κ1) is 49.5. The van der Waals surface area contributed by atoms with Gasteiger partial charge in [-0.2, -0.15) is 0 Å². The Bertz CT molecular complexity index is 2690. The molecule has 10 atom stereocenters. The zero-order valence-electron chi connectivity index (χ0n) is 37.9. The van der Waals surface area contributed by atoms with Crippen molar-refractivity contribution in [1.82, 2.24) is 0 Å². The minimum Gasteiger partial charge on any atom is -0.497 e. The lowest BCUT2D eigenvalue weighted by atomic mass is 9.95. The summed E-state index contributed by atoms with van der Waals surface area (Å²) in [7, 11) is 1.48. The van der Waals surface area contributed by atoms with Gasteiger partial charge in [0.2, 0.25) is 6.29 Å². The van der Waals surface area contributed by atoms with E-state index in [1.807, 2.05) is 0 Å². The number of carbonyl (C=O) groups is 5. The lowest BCUT2D eigenvalue weighted by molar-refractivity contribution is -0.350. The van der Waals surface area contributed by atoms with Crippen LogP contribution in [0.5, 0.6) is 11.5 Å². The number of hydrogen-bond acceptors (Lipinski definition) is 17. The fourth-order valence-corrected chi connectivity index (χ4v) is 7.76. The maximum atomic E-state index is 14.2. The molecule has 6 aromatic rings. The number of aliphatic hydroxyl groups is 2. The normalized spacial score (nSPS) is 23.8. The molecule has 2 fully saturated rings. The Hall–Kier alpha value is -7.93. The Kier molecular flexibility index (Phi) is 16.4. The van der Waals surface area contributed by atoms with Gasteiger partial charge in [0, 0.05) is 0 Å². The highest BCUT2D eigenvalue weighted by molar-refractivity contribution is 5.92. The van der Waals surface area contributed by atoms with Crippen molar-refractivity contribution in [3.8, 4) is 11.5 Å². The minimum absolute atomic E-state index is 0.0433. The molecule has 2 saturated heterocycles. The first-order valence-electron chi connectivity index (χ1n) is 22.4. The van der Waals surface area contributed by atoms with Gasteiger partial charge in [0.25, 0.3) is 0 Å². The molecule has 2 heterocycles. The molecule has 6 aromatic carbocycles. The summed E-state index contributed by atoms with van der Waals surface area (Å²) in [6.45, 7) is -1.51. The molecule has 8 rings (SSSR count). The van der Waals surface area contributed by atoms with Gasteiger partial charge in [-0.1, -0.05) is 91.0 Å². The highest BCUT2D eigenvalue weighted by Crippen LogP contribution is 2.37. The number of hydrogen-bond donors (Lipinski definition) is 2. The van der Waals surface area contributed by atoms with E-state index in [1.165, 1.54) is 67.8 Å². The number of ether oxygens (including phenoxy) is 10. The Morgan fingerprint density at radius 3 is 1.23 bits per heavy atom. The van der Waals surface area contributed by atoms with Crippen LogP contribution in [0.1, 0.15) is 51.8 Å². The molecule has 0 aliphatic carbocycles. The molecule has 0 amide bonds. The van der Waals surface area contributed by atoms with Crippen LogP contribution in [0.4, 0.5) is 0 Å². The average molecular weight is 969 g/mol. The van der Waals surface area contributed by atoms with Crippen LogP contribution in [0, 0.1) is 0 Å².